The van der Waals surface area contributed by atoms with Crippen LogP contribution in [0.3, 0.4) is 0 Å². The molecule has 0 N–H and O–H groups in total. The Bertz CT molecular complexity index is 376. The fraction of sp³-hybridized carbons (Fsp3) is 0.562. The summed E-state index contributed by atoms with van der Waals surface area (Å²) >= 11 is 0. The van der Waals surface area contributed by atoms with Crippen molar-refractivity contribution >= 4 is 14.3 Å². The van der Waals surface area contributed by atoms with E-state index in [1.807, 2.05) is 6.08 Å². The lowest BCUT2D eigenvalue weighted by Crippen LogP contribution is -2.43. The second kappa shape index (κ2) is 8.22. The van der Waals surface area contributed by atoms with Gasteiger partial charge in [0.05, 0.1) is 12.7 Å². The van der Waals surface area contributed by atoms with E-state index >= 15 is 0 Å². The maximum atomic E-state index is 11.1. The second-order valence-electron chi connectivity index (χ2n) is 6.07. The molecule has 4 heteroatoms. The highest BCUT2D eigenvalue weighted by Crippen LogP contribution is 2.37. The largest absolute Gasteiger partial charge is 0.463 e. The number of carbonyl (C=O) groups is 1. The third kappa shape index (κ3) is 6.87. The van der Waals surface area contributed by atoms with Crippen LogP contribution in [-0.4, -0.2) is 27.0 Å². The zero-order valence-corrected chi connectivity index (χ0v) is 14.6. The Morgan fingerprint density at radius 2 is 1.90 bits per heavy atom. The Balaban J connectivity index is 4.57. The van der Waals surface area contributed by atoms with Gasteiger partial charge < -0.3 is 9.16 Å². The normalized spacial score (nSPS) is 14.7. The number of ether oxygens (including phenoxy) is 1. The van der Waals surface area contributed by atoms with E-state index < -0.39 is 8.32 Å². The summed E-state index contributed by atoms with van der Waals surface area (Å²) < 4.78 is 11.0. The van der Waals surface area contributed by atoms with Gasteiger partial charge in [-0.1, -0.05) is 45.1 Å². The van der Waals surface area contributed by atoms with Crippen molar-refractivity contribution in [1.82, 2.24) is 0 Å². The molecule has 0 amide bonds. The molecular weight excluding hydrogens is 268 g/mol. The fourth-order valence-corrected chi connectivity index (χ4v) is 2.39. The van der Waals surface area contributed by atoms with E-state index in [0.29, 0.717) is 6.61 Å². The highest BCUT2D eigenvalue weighted by molar-refractivity contribution is 6.74. The van der Waals surface area contributed by atoms with Gasteiger partial charge in [0.1, 0.15) is 0 Å². The molecule has 0 aliphatic rings. The van der Waals surface area contributed by atoms with Crippen LogP contribution >= 0.6 is 0 Å². The van der Waals surface area contributed by atoms with Crippen molar-refractivity contribution in [1.29, 1.82) is 0 Å². The van der Waals surface area contributed by atoms with E-state index in [4.69, 9.17) is 9.16 Å². The highest BCUT2D eigenvalue weighted by atomic mass is 28.4. The Morgan fingerprint density at radius 1 is 1.30 bits per heavy atom. The third-order valence-corrected chi connectivity index (χ3v) is 7.87. The number of carbonyl (C=O) groups excluding carboxylic acids is 1. The number of hydrogen-bond acceptors (Lipinski definition) is 3. The Morgan fingerprint density at radius 3 is 2.35 bits per heavy atom. The van der Waals surface area contributed by atoms with Crippen molar-refractivity contribution in [3.05, 3.63) is 37.0 Å². The number of hydrogen-bond donors (Lipinski definition) is 0. The maximum Gasteiger partial charge on any atom is 0.330 e. The van der Waals surface area contributed by atoms with Gasteiger partial charge in [-0.25, -0.2) is 4.79 Å². The van der Waals surface area contributed by atoms with E-state index in [2.05, 4.69) is 40.4 Å². The van der Waals surface area contributed by atoms with Crippen molar-refractivity contribution in [2.45, 2.75) is 51.9 Å². The van der Waals surface area contributed by atoms with Crippen LogP contribution in [0.4, 0.5) is 0 Å². The molecule has 1 atom stereocenters. The third-order valence-electron chi connectivity index (χ3n) is 3.40. The molecule has 0 spiro atoms. The molecule has 114 valence electrons. The molecule has 0 saturated heterocycles. The van der Waals surface area contributed by atoms with Crippen molar-refractivity contribution in [2.24, 2.45) is 0 Å². The van der Waals surface area contributed by atoms with Crippen LogP contribution in [0.15, 0.2) is 37.0 Å². The topological polar surface area (TPSA) is 35.5 Å². The standard InChI is InChI=1S/C16H28O3Si/c1-8-14(19-20(6,7)16(3,4)5)12-10-11-13-15(17)18-9-2/h8,10-14H,1,9H2,2-7H3/b12-10+,13-11-/t14-/m1/s1. The van der Waals surface area contributed by atoms with Gasteiger partial charge in [-0.2, -0.15) is 0 Å². The average molecular weight is 296 g/mol. The van der Waals surface area contributed by atoms with Crippen molar-refractivity contribution in [2.75, 3.05) is 6.61 Å². The van der Waals surface area contributed by atoms with Crippen molar-refractivity contribution < 1.29 is 14.0 Å². The van der Waals surface area contributed by atoms with Crippen LogP contribution in [0.1, 0.15) is 27.7 Å². The summed E-state index contributed by atoms with van der Waals surface area (Å²) in [4.78, 5) is 11.1. The van der Waals surface area contributed by atoms with E-state index in [0.717, 1.165) is 0 Å². The van der Waals surface area contributed by atoms with Crippen LogP contribution < -0.4 is 0 Å². The van der Waals surface area contributed by atoms with Gasteiger partial charge in [0, 0.05) is 6.08 Å². The van der Waals surface area contributed by atoms with Crippen molar-refractivity contribution in [3.8, 4) is 0 Å². The molecule has 0 fully saturated rings. The molecule has 20 heavy (non-hydrogen) atoms. The van der Waals surface area contributed by atoms with Gasteiger partial charge in [0.15, 0.2) is 8.32 Å². The molecule has 0 unspecified atom stereocenters. The molecule has 0 radical (unpaired) electrons. The minimum Gasteiger partial charge on any atom is -0.463 e. The molecule has 0 bridgehead atoms. The van der Waals surface area contributed by atoms with Gasteiger partial charge in [0.25, 0.3) is 0 Å². The number of esters is 1. The summed E-state index contributed by atoms with van der Waals surface area (Å²) in [5.41, 5.74) is 0. The van der Waals surface area contributed by atoms with Gasteiger partial charge >= 0.3 is 5.97 Å². The first-order chi connectivity index (χ1) is 9.14. The molecule has 0 aromatic rings. The Labute approximate surface area is 124 Å². The molecule has 0 heterocycles. The van der Waals surface area contributed by atoms with E-state index in [-0.39, 0.29) is 17.1 Å². The minimum absolute atomic E-state index is 0.136. The first-order valence-electron chi connectivity index (χ1n) is 6.96. The smallest absolute Gasteiger partial charge is 0.330 e. The Hall–Kier alpha value is -1.13. The first kappa shape index (κ1) is 18.9. The lowest BCUT2D eigenvalue weighted by molar-refractivity contribution is -0.137. The highest BCUT2D eigenvalue weighted by Gasteiger charge is 2.38. The molecule has 0 saturated carbocycles. The first-order valence-corrected chi connectivity index (χ1v) is 9.87. The van der Waals surface area contributed by atoms with E-state index in [9.17, 15) is 4.79 Å². The SMILES string of the molecule is C=C[C@H](/C=C/C=C\C(=O)OCC)O[Si](C)(C)C(C)(C)C. The maximum absolute atomic E-state index is 11.1. The average Bonchev–Trinajstić information content (AvgIpc) is 2.31. The monoisotopic (exact) mass is 296 g/mol. The molecule has 0 aliphatic heterocycles. The molecule has 0 aliphatic carbocycles. The van der Waals surface area contributed by atoms with E-state index in [1.165, 1.54) is 6.08 Å². The van der Waals surface area contributed by atoms with Gasteiger partial charge in [-0.15, -0.1) is 6.58 Å². The predicted molar refractivity (Wildman–Crippen MR) is 87.2 cm³/mol. The quantitative estimate of drug-likeness (QED) is 0.232. The molecule has 3 nitrogen and oxygen atoms in total. The predicted octanol–water partition coefficient (Wildman–Crippen LogP) is 4.24. The molecule has 0 aromatic carbocycles. The summed E-state index contributed by atoms with van der Waals surface area (Å²) in [7, 11) is -1.82. The zero-order valence-electron chi connectivity index (χ0n) is 13.6. The molecule has 0 aromatic heterocycles. The molecular formula is C16H28O3Si. The summed E-state index contributed by atoms with van der Waals surface area (Å²) in [6.45, 7) is 17.0. The van der Waals surface area contributed by atoms with Crippen LogP contribution in [0.5, 0.6) is 0 Å². The summed E-state index contributed by atoms with van der Waals surface area (Å²) in [5, 5.41) is 0.156. The summed E-state index contributed by atoms with van der Waals surface area (Å²) in [5.74, 6) is -0.336. The lowest BCUT2D eigenvalue weighted by atomic mass is 10.2. The lowest BCUT2D eigenvalue weighted by Gasteiger charge is -2.38. The minimum atomic E-state index is -1.82. The van der Waals surface area contributed by atoms with Crippen LogP contribution in [-0.2, 0) is 14.0 Å². The van der Waals surface area contributed by atoms with Crippen molar-refractivity contribution in [3.63, 3.8) is 0 Å². The summed E-state index contributed by atoms with van der Waals surface area (Å²) in [6, 6.07) is 0. The second-order valence-corrected chi connectivity index (χ2v) is 10.8. The number of rotatable bonds is 7. The van der Waals surface area contributed by atoms with Gasteiger partial charge in [-0.05, 0) is 25.1 Å². The summed E-state index contributed by atoms with van der Waals surface area (Å²) in [6.07, 6.45) is 8.37. The molecule has 0 rings (SSSR count). The van der Waals surface area contributed by atoms with Crippen LogP contribution in [0, 0.1) is 0 Å². The Kier molecular flexibility index (Phi) is 7.75. The zero-order chi connectivity index (χ0) is 15.8. The van der Waals surface area contributed by atoms with Gasteiger partial charge in [-0.3, -0.25) is 0 Å². The van der Waals surface area contributed by atoms with E-state index in [1.54, 1.807) is 25.2 Å². The van der Waals surface area contributed by atoms with Crippen LogP contribution in [0.2, 0.25) is 18.1 Å². The fourth-order valence-electron chi connectivity index (χ4n) is 1.18. The van der Waals surface area contributed by atoms with Crippen LogP contribution in [0.25, 0.3) is 0 Å². The van der Waals surface area contributed by atoms with Gasteiger partial charge in [0.2, 0.25) is 0 Å². The number of allylic oxidation sites excluding steroid dienone is 2.